The molecule has 14 heavy (non-hydrogen) atoms. The molecule has 0 bridgehead atoms. The van der Waals surface area contributed by atoms with Gasteiger partial charge >= 0.3 is 0 Å². The highest BCUT2D eigenvalue weighted by Crippen LogP contribution is 2.33. The number of fused-ring (bicyclic) bond motifs is 1. The van der Waals surface area contributed by atoms with E-state index in [0.717, 1.165) is 22.4 Å². The Morgan fingerprint density at radius 1 is 1.43 bits per heavy atom. The molecule has 0 aliphatic heterocycles. The van der Waals surface area contributed by atoms with Crippen LogP contribution in [-0.2, 0) is 13.0 Å². The summed E-state index contributed by atoms with van der Waals surface area (Å²) >= 11 is 1.64. The van der Waals surface area contributed by atoms with Gasteiger partial charge in [0.15, 0.2) is 0 Å². The van der Waals surface area contributed by atoms with E-state index in [-0.39, 0.29) is 6.61 Å². The molecule has 0 atom stereocenters. The molecule has 1 aromatic heterocycles. The third kappa shape index (κ3) is 1.29. The van der Waals surface area contributed by atoms with E-state index in [0.29, 0.717) is 0 Å². The maximum absolute atomic E-state index is 9.16. The van der Waals surface area contributed by atoms with Crippen LogP contribution in [0.4, 0.5) is 5.69 Å². The van der Waals surface area contributed by atoms with E-state index in [2.05, 4.69) is 13.0 Å². The predicted molar refractivity (Wildman–Crippen MR) is 61.5 cm³/mol. The summed E-state index contributed by atoms with van der Waals surface area (Å²) in [5.74, 6) is 0. The van der Waals surface area contributed by atoms with Crippen LogP contribution in [0.5, 0.6) is 0 Å². The van der Waals surface area contributed by atoms with Gasteiger partial charge in [-0.1, -0.05) is 13.0 Å². The van der Waals surface area contributed by atoms with Gasteiger partial charge in [-0.3, -0.25) is 0 Å². The van der Waals surface area contributed by atoms with Gasteiger partial charge in [-0.05, 0) is 28.8 Å². The summed E-state index contributed by atoms with van der Waals surface area (Å²) in [7, 11) is 0. The lowest BCUT2D eigenvalue weighted by Crippen LogP contribution is -1.96. The Bertz CT molecular complexity index is 462. The van der Waals surface area contributed by atoms with Crippen molar-refractivity contribution in [2.24, 2.45) is 0 Å². The number of nitrogens with two attached hydrogens (primary N) is 1. The van der Waals surface area contributed by atoms with Crippen molar-refractivity contribution in [1.29, 1.82) is 0 Å². The number of thiophene rings is 1. The molecule has 0 spiro atoms. The van der Waals surface area contributed by atoms with Crippen molar-refractivity contribution in [3.63, 3.8) is 0 Å². The van der Waals surface area contributed by atoms with Crippen molar-refractivity contribution in [3.8, 4) is 0 Å². The molecule has 2 nitrogen and oxygen atoms in total. The van der Waals surface area contributed by atoms with Crippen LogP contribution in [0.25, 0.3) is 10.1 Å². The molecule has 0 aliphatic rings. The first kappa shape index (κ1) is 9.49. The van der Waals surface area contributed by atoms with Crippen LogP contribution in [-0.4, -0.2) is 5.11 Å². The number of hydrogen-bond acceptors (Lipinski definition) is 3. The summed E-state index contributed by atoms with van der Waals surface area (Å²) in [6.45, 7) is 2.14. The lowest BCUT2D eigenvalue weighted by atomic mass is 10.0. The summed E-state index contributed by atoms with van der Waals surface area (Å²) in [6, 6.07) is 4.10. The fraction of sp³-hybridized carbons (Fsp3) is 0.273. The molecule has 2 aromatic rings. The fourth-order valence-corrected chi connectivity index (χ4v) is 2.63. The number of anilines is 1. The second-order valence-electron chi connectivity index (χ2n) is 3.28. The van der Waals surface area contributed by atoms with Gasteiger partial charge in [0.25, 0.3) is 0 Å². The predicted octanol–water partition coefficient (Wildman–Crippen LogP) is 2.54. The highest BCUT2D eigenvalue weighted by molar-refractivity contribution is 7.17. The van der Waals surface area contributed by atoms with Gasteiger partial charge in [-0.25, -0.2) is 0 Å². The van der Waals surface area contributed by atoms with Gasteiger partial charge in [0.1, 0.15) is 0 Å². The third-order valence-electron chi connectivity index (χ3n) is 2.50. The van der Waals surface area contributed by atoms with Crippen molar-refractivity contribution in [2.45, 2.75) is 20.0 Å². The Kier molecular flexibility index (Phi) is 2.44. The highest BCUT2D eigenvalue weighted by atomic mass is 32.1. The van der Waals surface area contributed by atoms with Crippen LogP contribution in [0, 0.1) is 0 Å². The average Bonchev–Trinajstić information content (AvgIpc) is 2.68. The average molecular weight is 207 g/mol. The molecular weight excluding hydrogens is 194 g/mol. The molecule has 2 rings (SSSR count). The molecule has 0 radical (unpaired) electrons. The van der Waals surface area contributed by atoms with E-state index in [1.807, 2.05) is 11.4 Å². The van der Waals surface area contributed by atoms with Gasteiger partial charge in [0, 0.05) is 5.56 Å². The monoisotopic (exact) mass is 207 g/mol. The Morgan fingerprint density at radius 2 is 2.21 bits per heavy atom. The second-order valence-corrected chi connectivity index (χ2v) is 4.20. The number of nitrogen functional groups attached to an aromatic ring is 1. The van der Waals surface area contributed by atoms with Crippen molar-refractivity contribution in [3.05, 3.63) is 28.6 Å². The first-order chi connectivity index (χ1) is 6.77. The molecule has 1 heterocycles. The zero-order valence-corrected chi connectivity index (χ0v) is 8.90. The highest BCUT2D eigenvalue weighted by Gasteiger charge is 2.08. The summed E-state index contributed by atoms with van der Waals surface area (Å²) in [4.78, 5) is 0. The number of aryl methyl sites for hydroxylation is 1. The molecule has 0 aliphatic carbocycles. The maximum Gasteiger partial charge on any atom is 0.0702 e. The van der Waals surface area contributed by atoms with Crippen molar-refractivity contribution in [2.75, 3.05) is 5.73 Å². The lowest BCUT2D eigenvalue weighted by Gasteiger charge is -2.07. The molecule has 0 fully saturated rings. The normalized spacial score (nSPS) is 11.0. The standard InChI is InChI=1S/C11H13NOS/c1-2-7-5-8(6-13)10(12)11-9(7)3-4-14-11/h3-5,13H,2,6,12H2,1H3. The fourth-order valence-electron chi connectivity index (χ4n) is 1.71. The maximum atomic E-state index is 9.16. The Hall–Kier alpha value is -1.06. The van der Waals surface area contributed by atoms with E-state index in [1.165, 1.54) is 10.9 Å². The first-order valence-electron chi connectivity index (χ1n) is 4.66. The van der Waals surface area contributed by atoms with Crippen molar-refractivity contribution < 1.29 is 5.11 Å². The minimum absolute atomic E-state index is 0.0205. The van der Waals surface area contributed by atoms with Crippen LogP contribution in [0.1, 0.15) is 18.1 Å². The van der Waals surface area contributed by atoms with Crippen LogP contribution < -0.4 is 5.73 Å². The minimum atomic E-state index is 0.0205. The summed E-state index contributed by atoms with van der Waals surface area (Å²) in [6.07, 6.45) is 0.973. The number of aliphatic hydroxyl groups is 1. The minimum Gasteiger partial charge on any atom is -0.397 e. The van der Waals surface area contributed by atoms with Gasteiger partial charge in [0.2, 0.25) is 0 Å². The Balaban J connectivity index is 2.80. The van der Waals surface area contributed by atoms with Gasteiger partial charge in [-0.2, -0.15) is 0 Å². The molecular formula is C11H13NOS. The Morgan fingerprint density at radius 3 is 2.86 bits per heavy atom. The number of hydrogen-bond donors (Lipinski definition) is 2. The molecule has 0 saturated heterocycles. The Labute approximate surface area is 87.0 Å². The SMILES string of the molecule is CCc1cc(CO)c(N)c2sccc12. The van der Waals surface area contributed by atoms with Gasteiger partial charge in [-0.15, -0.1) is 11.3 Å². The second kappa shape index (κ2) is 3.59. The van der Waals surface area contributed by atoms with Gasteiger partial charge in [0.05, 0.1) is 17.0 Å². The molecule has 74 valence electrons. The summed E-state index contributed by atoms with van der Waals surface area (Å²) < 4.78 is 1.11. The van der Waals surface area contributed by atoms with Crippen LogP contribution in [0.2, 0.25) is 0 Å². The van der Waals surface area contributed by atoms with Crippen molar-refractivity contribution >= 4 is 27.1 Å². The largest absolute Gasteiger partial charge is 0.397 e. The van der Waals surface area contributed by atoms with Crippen molar-refractivity contribution in [1.82, 2.24) is 0 Å². The van der Waals surface area contributed by atoms with E-state index < -0.39 is 0 Å². The molecule has 0 unspecified atom stereocenters. The molecule has 3 N–H and O–H groups in total. The van der Waals surface area contributed by atoms with E-state index >= 15 is 0 Å². The summed E-state index contributed by atoms with van der Waals surface area (Å²) in [5.41, 5.74) is 8.79. The molecule has 1 aromatic carbocycles. The van der Waals surface area contributed by atoms with E-state index in [9.17, 15) is 0 Å². The molecule has 0 amide bonds. The van der Waals surface area contributed by atoms with Gasteiger partial charge < -0.3 is 10.8 Å². The topological polar surface area (TPSA) is 46.2 Å². The number of aliphatic hydroxyl groups excluding tert-OH is 1. The smallest absolute Gasteiger partial charge is 0.0702 e. The quantitative estimate of drug-likeness (QED) is 0.743. The van der Waals surface area contributed by atoms with Crippen LogP contribution >= 0.6 is 11.3 Å². The number of benzene rings is 1. The first-order valence-corrected chi connectivity index (χ1v) is 5.54. The summed E-state index contributed by atoms with van der Waals surface area (Å²) in [5, 5.41) is 12.4. The van der Waals surface area contributed by atoms with E-state index in [1.54, 1.807) is 11.3 Å². The number of rotatable bonds is 2. The zero-order chi connectivity index (χ0) is 10.1. The third-order valence-corrected chi connectivity index (χ3v) is 3.45. The molecule has 3 heteroatoms. The molecule has 0 saturated carbocycles. The lowest BCUT2D eigenvalue weighted by molar-refractivity contribution is 0.282. The zero-order valence-electron chi connectivity index (χ0n) is 8.08. The van der Waals surface area contributed by atoms with E-state index in [4.69, 9.17) is 10.8 Å². The van der Waals surface area contributed by atoms with Crippen LogP contribution in [0.15, 0.2) is 17.5 Å². The van der Waals surface area contributed by atoms with Crippen LogP contribution in [0.3, 0.4) is 0 Å².